The van der Waals surface area contributed by atoms with E-state index in [0.717, 1.165) is 19.3 Å². The van der Waals surface area contributed by atoms with Gasteiger partial charge in [-0.05, 0) is 76.5 Å². The van der Waals surface area contributed by atoms with Crippen LogP contribution in [0, 0.1) is 11.3 Å². The summed E-state index contributed by atoms with van der Waals surface area (Å²) in [6.45, 7) is 5.27. The summed E-state index contributed by atoms with van der Waals surface area (Å²) in [7, 11) is -4.26. The number of aryl methyl sites for hydroxylation is 1. The summed E-state index contributed by atoms with van der Waals surface area (Å²) in [5, 5.41) is 3.88. The van der Waals surface area contributed by atoms with Gasteiger partial charge in [-0.1, -0.05) is 0 Å². The molecule has 11 nitrogen and oxygen atoms in total. The number of hydrogen-bond donors (Lipinski definition) is 1. The molecule has 0 radical (unpaired) electrons. The molecule has 43 heavy (non-hydrogen) atoms. The highest BCUT2D eigenvalue weighted by Crippen LogP contribution is 2.60. The Bertz CT molecular complexity index is 1540. The van der Waals surface area contributed by atoms with Crippen LogP contribution in [0.4, 0.5) is 24.8 Å². The van der Waals surface area contributed by atoms with E-state index in [2.05, 4.69) is 9.82 Å². The molecule has 4 aliphatic rings. The third kappa shape index (κ3) is 5.61. The first kappa shape index (κ1) is 29.9. The fourth-order valence-corrected chi connectivity index (χ4v) is 7.48. The summed E-state index contributed by atoms with van der Waals surface area (Å²) in [5.41, 5.74) is -2.08. The highest BCUT2D eigenvalue weighted by Gasteiger charge is 2.62. The van der Waals surface area contributed by atoms with Crippen LogP contribution in [0.3, 0.4) is 0 Å². The number of sulfonamides is 1. The molecule has 0 spiro atoms. The molecular formula is C28H35F3N6O5S. The Balaban J connectivity index is 1.27. The second-order valence-electron chi connectivity index (χ2n) is 12.7. The molecule has 2 amide bonds. The zero-order chi connectivity index (χ0) is 30.8. The van der Waals surface area contributed by atoms with E-state index in [1.54, 1.807) is 10.9 Å². The zero-order valence-electron chi connectivity index (χ0n) is 24.1. The third-order valence-electron chi connectivity index (χ3n) is 9.23. The van der Waals surface area contributed by atoms with Crippen LogP contribution < -0.4 is 14.5 Å². The van der Waals surface area contributed by atoms with Gasteiger partial charge >= 0.3 is 6.18 Å². The number of carbonyl (C=O) groups is 2. The number of fused-ring (bicyclic) bond motifs is 6. The fraction of sp³-hybridized carbons (Fsp3) is 0.643. The van der Waals surface area contributed by atoms with E-state index < -0.39 is 45.1 Å². The number of hydrogen-bond acceptors (Lipinski definition) is 8. The molecule has 1 N–H and O–H groups in total. The first-order valence-electron chi connectivity index (χ1n) is 14.6. The molecule has 1 saturated carbocycles. The smallest absolute Gasteiger partial charge is 0.368 e. The van der Waals surface area contributed by atoms with Crippen molar-refractivity contribution >= 4 is 33.5 Å². The lowest BCUT2D eigenvalue weighted by Gasteiger charge is -2.34. The molecule has 6 rings (SSSR count). The molecule has 15 heteroatoms. The van der Waals surface area contributed by atoms with Crippen molar-refractivity contribution in [2.75, 3.05) is 29.5 Å². The number of rotatable bonds is 5. The molecule has 2 aromatic rings. The minimum absolute atomic E-state index is 0.0406. The molecule has 2 saturated heterocycles. The maximum absolute atomic E-state index is 13.4. The van der Waals surface area contributed by atoms with Crippen molar-refractivity contribution in [3.05, 3.63) is 30.0 Å². The van der Waals surface area contributed by atoms with Crippen molar-refractivity contribution in [1.29, 1.82) is 0 Å². The van der Waals surface area contributed by atoms with Crippen LogP contribution in [0.25, 0.3) is 0 Å². The number of carbonyl (C=O) groups excluding carboxylic acids is 2. The number of alkyl halides is 3. The minimum atomic E-state index is -4.28. The number of aromatic nitrogens is 3. The van der Waals surface area contributed by atoms with Gasteiger partial charge in [0.15, 0.2) is 5.03 Å². The van der Waals surface area contributed by atoms with Crippen molar-refractivity contribution in [2.24, 2.45) is 11.3 Å². The second-order valence-corrected chi connectivity index (χ2v) is 14.3. The third-order valence-corrected chi connectivity index (χ3v) is 10.4. The Morgan fingerprint density at radius 3 is 2.60 bits per heavy atom. The number of amides is 2. The summed E-state index contributed by atoms with van der Waals surface area (Å²) in [6, 6.07) is 4.28. The summed E-state index contributed by atoms with van der Waals surface area (Å²) in [6.07, 6.45) is -0.850. The fourth-order valence-electron chi connectivity index (χ4n) is 6.57. The van der Waals surface area contributed by atoms with Crippen LogP contribution in [-0.4, -0.2) is 72.5 Å². The second kappa shape index (κ2) is 10.5. The Labute approximate surface area is 247 Å². The largest absolute Gasteiger partial charge is 0.394 e. The van der Waals surface area contributed by atoms with E-state index in [1.165, 1.54) is 23.1 Å². The van der Waals surface area contributed by atoms with Gasteiger partial charge in [-0.25, -0.2) is 9.71 Å². The molecule has 5 heterocycles. The lowest BCUT2D eigenvalue weighted by molar-refractivity contribution is -0.192. The molecule has 2 aromatic heterocycles. The quantitative estimate of drug-likeness (QED) is 0.535. The first-order valence-corrected chi connectivity index (χ1v) is 16.1. The maximum Gasteiger partial charge on any atom is 0.394 e. The molecular weight excluding hydrogens is 589 g/mol. The highest BCUT2D eigenvalue weighted by atomic mass is 32.2. The summed E-state index contributed by atoms with van der Waals surface area (Å²) in [4.78, 5) is 34.9. The average Bonchev–Trinajstić information content (AvgIpc) is 3.25. The molecule has 234 valence electrons. The van der Waals surface area contributed by atoms with Crippen LogP contribution in [-0.2, 0) is 26.1 Å². The number of anilines is 2. The van der Waals surface area contributed by atoms with Crippen molar-refractivity contribution in [3.8, 4) is 0 Å². The maximum atomic E-state index is 13.4. The standard InChI is InChI=1S/C28H35F3N6O5S/c1-26(2)16-18-4-3-12-35-13-8-22(33-35)43(40,41)34-24(38)19-5-6-21(32-23(19)37(26)17-18)36-14-7-20(25(36)39)42-15-11-27(9-10-27)28(29,30)31/h5-6,8,13,18,20H,3-4,7,9-12,14-17H2,1-2H3,(H,34,38). The van der Waals surface area contributed by atoms with Crippen molar-refractivity contribution < 1.29 is 35.9 Å². The first-order chi connectivity index (χ1) is 20.2. The van der Waals surface area contributed by atoms with E-state index in [4.69, 9.17) is 9.72 Å². The van der Waals surface area contributed by atoms with Gasteiger partial charge in [-0.2, -0.15) is 26.7 Å². The van der Waals surface area contributed by atoms with E-state index >= 15 is 0 Å². The average molecular weight is 625 g/mol. The van der Waals surface area contributed by atoms with Crippen molar-refractivity contribution in [3.63, 3.8) is 0 Å². The summed E-state index contributed by atoms with van der Waals surface area (Å²) in [5.74, 6) is -0.466. The van der Waals surface area contributed by atoms with Gasteiger partial charge in [0.2, 0.25) is 0 Å². The van der Waals surface area contributed by atoms with Crippen LogP contribution in [0.2, 0.25) is 0 Å². The number of nitrogens with one attached hydrogen (secondary N) is 1. The normalized spacial score (nSPS) is 26.2. The zero-order valence-corrected chi connectivity index (χ0v) is 24.9. The lowest BCUT2D eigenvalue weighted by Crippen LogP contribution is -2.41. The molecule has 4 bridgehead atoms. The summed E-state index contributed by atoms with van der Waals surface area (Å²) >= 11 is 0. The topological polar surface area (TPSA) is 127 Å². The lowest BCUT2D eigenvalue weighted by atomic mass is 9.93. The van der Waals surface area contributed by atoms with Gasteiger partial charge in [-0.3, -0.25) is 19.2 Å². The SMILES string of the molecule is CC1(C)CC2CCCn3ccc(n3)S(=O)(=O)NC(=O)c3ccc(N4CCC(OCCC5(C(F)(F)F)CC5)C4=O)nc3N1C2. The monoisotopic (exact) mass is 624 g/mol. The number of halogens is 3. The van der Waals surface area contributed by atoms with Gasteiger partial charge < -0.3 is 9.64 Å². The van der Waals surface area contributed by atoms with Gasteiger partial charge in [0.05, 0.1) is 11.0 Å². The van der Waals surface area contributed by atoms with E-state index in [1.807, 2.05) is 18.7 Å². The van der Waals surface area contributed by atoms with Crippen LogP contribution in [0.15, 0.2) is 29.4 Å². The van der Waals surface area contributed by atoms with Gasteiger partial charge in [0, 0.05) is 44.4 Å². The molecule has 3 aliphatic heterocycles. The van der Waals surface area contributed by atoms with Crippen LogP contribution in [0.5, 0.6) is 0 Å². The van der Waals surface area contributed by atoms with Gasteiger partial charge in [0.25, 0.3) is 21.8 Å². The number of pyridine rings is 1. The molecule has 2 unspecified atom stereocenters. The van der Waals surface area contributed by atoms with Crippen molar-refractivity contribution in [2.45, 2.75) is 88.2 Å². The predicted molar refractivity (Wildman–Crippen MR) is 149 cm³/mol. The van der Waals surface area contributed by atoms with E-state index in [-0.39, 0.29) is 60.6 Å². The van der Waals surface area contributed by atoms with Gasteiger partial charge in [0.1, 0.15) is 17.7 Å². The Kier molecular flexibility index (Phi) is 7.26. The predicted octanol–water partition coefficient (Wildman–Crippen LogP) is 3.65. The highest BCUT2D eigenvalue weighted by molar-refractivity contribution is 7.90. The molecule has 1 aliphatic carbocycles. The Hall–Kier alpha value is -3.20. The van der Waals surface area contributed by atoms with Crippen LogP contribution >= 0.6 is 0 Å². The number of nitrogens with zero attached hydrogens (tertiary/aromatic N) is 5. The number of ether oxygens (including phenoxy) is 1. The van der Waals surface area contributed by atoms with Crippen LogP contribution in [0.1, 0.15) is 69.2 Å². The Morgan fingerprint density at radius 1 is 1.12 bits per heavy atom. The molecule has 0 aromatic carbocycles. The van der Waals surface area contributed by atoms with E-state index in [0.29, 0.717) is 19.5 Å². The summed E-state index contributed by atoms with van der Waals surface area (Å²) < 4.78 is 75.2. The van der Waals surface area contributed by atoms with Crippen molar-refractivity contribution in [1.82, 2.24) is 19.5 Å². The Morgan fingerprint density at radius 2 is 1.88 bits per heavy atom. The van der Waals surface area contributed by atoms with Gasteiger partial charge in [-0.15, -0.1) is 0 Å². The molecule has 2 atom stereocenters. The minimum Gasteiger partial charge on any atom is -0.368 e. The molecule has 3 fully saturated rings. The van der Waals surface area contributed by atoms with E-state index in [9.17, 15) is 31.2 Å².